The topological polar surface area (TPSA) is 86.8 Å². The van der Waals surface area contributed by atoms with E-state index < -0.39 is 28.5 Å². The van der Waals surface area contributed by atoms with Crippen LogP contribution in [-0.4, -0.2) is 43.8 Å². The number of benzene rings is 3. The van der Waals surface area contributed by atoms with Gasteiger partial charge in [0.05, 0.1) is 15.6 Å². The van der Waals surface area contributed by atoms with Crippen molar-refractivity contribution >= 4 is 62.3 Å². The van der Waals surface area contributed by atoms with E-state index in [9.17, 15) is 18.0 Å². The first-order valence-corrected chi connectivity index (χ1v) is 15.5. The number of anilines is 1. The summed E-state index contributed by atoms with van der Waals surface area (Å²) in [7, 11) is -4.21. The number of carbonyl (C=O) groups excluding carboxylic acids is 2. The zero-order chi connectivity index (χ0) is 28.9. The molecule has 0 saturated heterocycles. The number of hydrogen-bond donors (Lipinski definition) is 1. The zero-order valence-corrected chi connectivity index (χ0v) is 25.0. The maximum atomic E-state index is 14.0. The second kappa shape index (κ2) is 13.3. The molecule has 0 heterocycles. The molecule has 0 bridgehead atoms. The highest BCUT2D eigenvalue weighted by atomic mass is 35.5. The van der Waals surface area contributed by atoms with E-state index >= 15 is 0 Å². The molecule has 2 amide bonds. The minimum Gasteiger partial charge on any atom is -0.352 e. The second-order valence-electron chi connectivity index (χ2n) is 9.66. The average molecular weight is 623 g/mol. The molecule has 1 aliphatic rings. The van der Waals surface area contributed by atoms with Crippen molar-refractivity contribution in [3.8, 4) is 0 Å². The van der Waals surface area contributed by atoms with Crippen LogP contribution in [0.25, 0.3) is 0 Å². The lowest BCUT2D eigenvalue weighted by Gasteiger charge is -2.33. The molecule has 0 aromatic heterocycles. The van der Waals surface area contributed by atoms with Crippen LogP contribution in [0.1, 0.15) is 38.2 Å². The van der Waals surface area contributed by atoms with Gasteiger partial charge in [0.1, 0.15) is 12.6 Å². The van der Waals surface area contributed by atoms with Crippen LogP contribution in [0.4, 0.5) is 5.69 Å². The summed E-state index contributed by atoms with van der Waals surface area (Å²) in [5.41, 5.74) is 0.593. The van der Waals surface area contributed by atoms with Crippen molar-refractivity contribution < 1.29 is 18.0 Å². The molecule has 3 aromatic carbocycles. The molecular formula is C29H30Cl3N3O4S. The Morgan fingerprint density at radius 2 is 1.45 bits per heavy atom. The molecule has 4 rings (SSSR count). The predicted molar refractivity (Wildman–Crippen MR) is 159 cm³/mol. The highest BCUT2D eigenvalue weighted by Crippen LogP contribution is 2.31. The van der Waals surface area contributed by atoms with Crippen molar-refractivity contribution in [2.45, 2.75) is 56.1 Å². The molecule has 0 unspecified atom stereocenters. The first-order valence-electron chi connectivity index (χ1n) is 12.9. The quantitative estimate of drug-likeness (QED) is 0.287. The van der Waals surface area contributed by atoms with Gasteiger partial charge in [0.15, 0.2) is 0 Å². The first kappa shape index (κ1) is 30.2. The fraction of sp³-hybridized carbons (Fsp3) is 0.310. The Bertz CT molecular complexity index is 1440. The maximum Gasteiger partial charge on any atom is 0.264 e. The smallest absolute Gasteiger partial charge is 0.264 e. The standard InChI is InChI=1S/C29H30Cl3N3O4S/c1-20(29(37)33-21-10-5-6-11-21)34(18-23-24(30)15-9-16-25(23)31)28(36)19-35(27-17-8-7-14-26(27)32)40(38,39)22-12-3-2-4-13-22/h2-4,7-9,12-17,20-21H,5-6,10-11,18-19H2,1H3,(H,33,37)/t20-/m0/s1. The van der Waals surface area contributed by atoms with Crippen molar-refractivity contribution in [1.29, 1.82) is 0 Å². The molecule has 0 spiro atoms. The molecule has 212 valence electrons. The third-order valence-corrected chi connectivity index (χ3v) is 9.79. The molecule has 1 fully saturated rings. The molecule has 0 radical (unpaired) electrons. The van der Waals surface area contributed by atoms with Gasteiger partial charge in [-0.2, -0.15) is 0 Å². The largest absolute Gasteiger partial charge is 0.352 e. The van der Waals surface area contributed by atoms with Gasteiger partial charge in [0.2, 0.25) is 11.8 Å². The number of hydrogen-bond acceptors (Lipinski definition) is 4. The molecule has 0 aliphatic heterocycles. The zero-order valence-electron chi connectivity index (χ0n) is 21.9. The molecule has 3 aromatic rings. The van der Waals surface area contributed by atoms with E-state index in [0.29, 0.717) is 15.6 Å². The van der Waals surface area contributed by atoms with E-state index in [0.717, 1.165) is 30.0 Å². The number of carbonyl (C=O) groups is 2. The number of amides is 2. The van der Waals surface area contributed by atoms with Gasteiger partial charge < -0.3 is 10.2 Å². The SMILES string of the molecule is C[C@@H](C(=O)NC1CCCC1)N(Cc1c(Cl)cccc1Cl)C(=O)CN(c1ccccc1Cl)S(=O)(=O)c1ccccc1. The lowest BCUT2D eigenvalue weighted by atomic mass is 10.1. The van der Waals surface area contributed by atoms with Gasteiger partial charge in [0.25, 0.3) is 10.0 Å². The predicted octanol–water partition coefficient (Wildman–Crippen LogP) is 6.32. The monoisotopic (exact) mass is 621 g/mol. The van der Waals surface area contributed by atoms with Crippen LogP contribution in [-0.2, 0) is 26.2 Å². The summed E-state index contributed by atoms with van der Waals surface area (Å²) in [6, 6.07) is 18.2. The summed E-state index contributed by atoms with van der Waals surface area (Å²) in [5.74, 6) is -0.955. The minimum atomic E-state index is -4.21. The number of rotatable bonds is 10. The van der Waals surface area contributed by atoms with Crippen LogP contribution in [0.5, 0.6) is 0 Å². The Balaban J connectivity index is 1.72. The summed E-state index contributed by atoms with van der Waals surface area (Å²) in [6.45, 7) is 0.904. The first-order chi connectivity index (χ1) is 19.1. The molecule has 7 nitrogen and oxygen atoms in total. The molecule has 40 heavy (non-hydrogen) atoms. The van der Waals surface area contributed by atoms with Crippen LogP contribution in [0.2, 0.25) is 15.1 Å². The Hall–Kier alpha value is -2.78. The Labute approximate surface area is 250 Å². The Morgan fingerprint density at radius 1 is 0.875 bits per heavy atom. The van der Waals surface area contributed by atoms with E-state index in [1.807, 2.05) is 0 Å². The highest BCUT2D eigenvalue weighted by Gasteiger charge is 2.34. The van der Waals surface area contributed by atoms with Crippen LogP contribution in [0, 0.1) is 0 Å². The third-order valence-electron chi connectivity index (χ3n) is 6.99. The van der Waals surface area contributed by atoms with Gasteiger partial charge in [0, 0.05) is 28.2 Å². The highest BCUT2D eigenvalue weighted by molar-refractivity contribution is 7.92. The summed E-state index contributed by atoms with van der Waals surface area (Å²) < 4.78 is 28.6. The van der Waals surface area contributed by atoms with Crippen LogP contribution in [0.3, 0.4) is 0 Å². The van der Waals surface area contributed by atoms with Crippen LogP contribution >= 0.6 is 34.8 Å². The van der Waals surface area contributed by atoms with Gasteiger partial charge >= 0.3 is 0 Å². The van der Waals surface area contributed by atoms with Crippen LogP contribution < -0.4 is 9.62 Å². The maximum absolute atomic E-state index is 14.0. The number of nitrogens with one attached hydrogen (secondary N) is 1. The minimum absolute atomic E-state index is 0.00422. The summed E-state index contributed by atoms with van der Waals surface area (Å²) in [5, 5.41) is 3.84. The fourth-order valence-electron chi connectivity index (χ4n) is 4.72. The van der Waals surface area contributed by atoms with Crippen molar-refractivity contribution in [3.05, 3.63) is 93.4 Å². The number of sulfonamides is 1. The number of para-hydroxylation sites is 1. The van der Waals surface area contributed by atoms with Gasteiger partial charge in [-0.15, -0.1) is 0 Å². The lowest BCUT2D eigenvalue weighted by Crippen LogP contribution is -2.52. The van der Waals surface area contributed by atoms with E-state index in [4.69, 9.17) is 34.8 Å². The van der Waals surface area contributed by atoms with Gasteiger partial charge in [-0.25, -0.2) is 8.42 Å². The number of halogens is 3. The molecule has 1 atom stereocenters. The van der Waals surface area contributed by atoms with E-state index in [2.05, 4.69) is 5.32 Å². The Kier molecular flexibility index (Phi) is 10.0. The fourth-order valence-corrected chi connectivity index (χ4v) is 6.97. The average Bonchev–Trinajstić information content (AvgIpc) is 3.45. The van der Waals surface area contributed by atoms with Crippen molar-refractivity contribution in [3.63, 3.8) is 0 Å². The second-order valence-corrected chi connectivity index (χ2v) is 12.7. The van der Waals surface area contributed by atoms with E-state index in [1.165, 1.54) is 23.1 Å². The summed E-state index contributed by atoms with van der Waals surface area (Å²) >= 11 is 19.3. The Morgan fingerprint density at radius 3 is 2.08 bits per heavy atom. The van der Waals surface area contributed by atoms with Crippen molar-refractivity contribution in [1.82, 2.24) is 10.2 Å². The normalized spacial score (nSPS) is 14.5. The third kappa shape index (κ3) is 6.92. The van der Waals surface area contributed by atoms with Gasteiger partial charge in [-0.3, -0.25) is 13.9 Å². The molecule has 1 N–H and O–H groups in total. The van der Waals surface area contributed by atoms with Gasteiger partial charge in [-0.05, 0) is 56.2 Å². The van der Waals surface area contributed by atoms with Crippen LogP contribution in [0.15, 0.2) is 77.7 Å². The van der Waals surface area contributed by atoms with Gasteiger partial charge in [-0.1, -0.05) is 84.0 Å². The molecule has 11 heteroatoms. The van der Waals surface area contributed by atoms with Crippen molar-refractivity contribution in [2.75, 3.05) is 10.8 Å². The number of nitrogens with zero attached hydrogens (tertiary/aromatic N) is 2. The van der Waals surface area contributed by atoms with E-state index in [1.54, 1.807) is 61.5 Å². The van der Waals surface area contributed by atoms with E-state index in [-0.39, 0.29) is 34.1 Å². The lowest BCUT2D eigenvalue weighted by molar-refractivity contribution is -0.139. The molecular weight excluding hydrogens is 593 g/mol. The summed E-state index contributed by atoms with van der Waals surface area (Å²) in [4.78, 5) is 28.6. The molecule has 1 saturated carbocycles. The van der Waals surface area contributed by atoms with Crippen molar-refractivity contribution in [2.24, 2.45) is 0 Å². The molecule has 1 aliphatic carbocycles. The summed E-state index contributed by atoms with van der Waals surface area (Å²) in [6.07, 6.45) is 3.80.